The lowest BCUT2D eigenvalue weighted by Crippen LogP contribution is -2.65. The summed E-state index contributed by atoms with van der Waals surface area (Å²) in [5.74, 6) is -1.19. The molecule has 0 aromatic heterocycles. The zero-order valence-corrected chi connectivity index (χ0v) is 20.8. The largest absolute Gasteiger partial charge is 0.633 e. The van der Waals surface area contributed by atoms with Gasteiger partial charge in [0.15, 0.2) is 6.29 Å². The van der Waals surface area contributed by atoms with E-state index in [1.54, 1.807) is 6.92 Å². The Kier molecular flexibility index (Phi) is 5.94. The Balaban J connectivity index is 1.38. The van der Waals surface area contributed by atoms with Crippen LogP contribution < -0.4 is 5.32 Å². The number of esters is 1. The number of piperidine rings is 1. The SMILES string of the molecule is COC(=O)C1=C2Nc3ccccc3[C@@]23CC[N+]2([O-])C[C@@H]([C@H](C)O[C@@H]4O[C@H](CO)[C@@H](O)[C@H](O)[C@H]4O)[C@@H]1CC32. The molecule has 1 aliphatic carbocycles. The fourth-order valence-electron chi connectivity index (χ4n) is 7.72. The number of quaternary nitrogens is 1. The zero-order chi connectivity index (χ0) is 26.3. The van der Waals surface area contributed by atoms with Crippen molar-refractivity contribution in [2.75, 3.05) is 32.1 Å². The predicted molar refractivity (Wildman–Crippen MR) is 128 cm³/mol. The normalized spacial score (nSPS) is 44.6. The molecule has 37 heavy (non-hydrogen) atoms. The van der Waals surface area contributed by atoms with Crippen molar-refractivity contribution < 1.29 is 44.1 Å². The summed E-state index contributed by atoms with van der Waals surface area (Å²) in [5.41, 5.74) is 2.67. The fraction of sp³-hybridized carbons (Fsp3) is 0.654. The number of para-hydroxylation sites is 1. The molecule has 1 aromatic rings. The number of hydrogen-bond acceptors (Lipinski definition) is 10. The van der Waals surface area contributed by atoms with Gasteiger partial charge in [-0.15, -0.1) is 0 Å². The van der Waals surface area contributed by atoms with Crippen LogP contribution in [-0.2, 0) is 24.4 Å². The number of ether oxygens (including phenoxy) is 3. The minimum atomic E-state index is -1.57. The van der Waals surface area contributed by atoms with Crippen LogP contribution in [0.2, 0.25) is 0 Å². The molecule has 11 atom stereocenters. The van der Waals surface area contributed by atoms with Crippen molar-refractivity contribution in [3.63, 3.8) is 0 Å². The molecule has 4 aliphatic heterocycles. The van der Waals surface area contributed by atoms with E-state index in [1.807, 2.05) is 24.3 Å². The van der Waals surface area contributed by atoms with Gasteiger partial charge in [0.2, 0.25) is 0 Å². The molecule has 0 amide bonds. The summed E-state index contributed by atoms with van der Waals surface area (Å²) in [5, 5.41) is 58.2. The second-order valence-electron chi connectivity index (χ2n) is 11.1. The van der Waals surface area contributed by atoms with Crippen LogP contribution in [0.15, 0.2) is 35.5 Å². The Bertz CT molecular complexity index is 1130. The molecule has 1 spiro atoms. The molecule has 2 bridgehead atoms. The van der Waals surface area contributed by atoms with E-state index >= 15 is 0 Å². The Morgan fingerprint density at radius 1 is 1.27 bits per heavy atom. The number of hydroxylamine groups is 3. The molecule has 4 heterocycles. The third kappa shape index (κ3) is 3.39. The molecule has 5 N–H and O–H groups in total. The van der Waals surface area contributed by atoms with Crippen molar-refractivity contribution in [3.05, 3.63) is 46.3 Å². The van der Waals surface area contributed by atoms with Gasteiger partial charge < -0.3 is 49.8 Å². The van der Waals surface area contributed by atoms with E-state index in [4.69, 9.17) is 14.2 Å². The summed E-state index contributed by atoms with van der Waals surface area (Å²) in [6.07, 6.45) is -6.61. The van der Waals surface area contributed by atoms with Crippen LogP contribution >= 0.6 is 0 Å². The molecule has 3 saturated heterocycles. The Morgan fingerprint density at radius 3 is 2.76 bits per heavy atom. The van der Waals surface area contributed by atoms with Gasteiger partial charge in [0.25, 0.3) is 0 Å². The van der Waals surface area contributed by atoms with Gasteiger partial charge in [-0.2, -0.15) is 0 Å². The molecule has 1 aromatic carbocycles. The molecule has 11 nitrogen and oxygen atoms in total. The van der Waals surface area contributed by atoms with Crippen molar-refractivity contribution in [1.82, 2.24) is 0 Å². The van der Waals surface area contributed by atoms with E-state index in [1.165, 1.54) is 7.11 Å². The number of carbonyl (C=O) groups is 1. The Morgan fingerprint density at radius 2 is 2.03 bits per heavy atom. The molecule has 0 saturated carbocycles. The van der Waals surface area contributed by atoms with E-state index in [0.717, 1.165) is 16.9 Å². The van der Waals surface area contributed by atoms with Crippen LogP contribution in [0.4, 0.5) is 5.69 Å². The summed E-state index contributed by atoms with van der Waals surface area (Å²) in [7, 11) is 1.35. The van der Waals surface area contributed by atoms with Crippen molar-refractivity contribution in [2.24, 2.45) is 11.8 Å². The van der Waals surface area contributed by atoms with Crippen molar-refractivity contribution in [2.45, 2.75) is 68.0 Å². The number of anilines is 1. The number of nitrogens with one attached hydrogen (secondary N) is 1. The number of rotatable bonds is 5. The maximum absolute atomic E-state index is 14.4. The Hall–Kier alpha value is -2.09. The van der Waals surface area contributed by atoms with Gasteiger partial charge in [0.05, 0.1) is 43.9 Å². The molecule has 202 valence electrons. The average Bonchev–Trinajstić information content (AvgIpc) is 3.41. The van der Waals surface area contributed by atoms with Gasteiger partial charge in [-0.05, 0) is 18.6 Å². The number of carbonyl (C=O) groups excluding carboxylic acids is 1. The highest BCUT2D eigenvalue weighted by Crippen LogP contribution is 2.63. The van der Waals surface area contributed by atoms with Crippen LogP contribution in [0.3, 0.4) is 0 Å². The van der Waals surface area contributed by atoms with Gasteiger partial charge in [-0.1, -0.05) is 18.2 Å². The average molecular weight is 519 g/mol. The minimum Gasteiger partial charge on any atom is -0.633 e. The summed E-state index contributed by atoms with van der Waals surface area (Å²) < 4.78 is 16.5. The third-order valence-corrected chi connectivity index (χ3v) is 9.49. The van der Waals surface area contributed by atoms with E-state index in [0.29, 0.717) is 25.0 Å². The van der Waals surface area contributed by atoms with E-state index in [9.17, 15) is 30.4 Å². The Labute approximate surface area is 214 Å². The maximum atomic E-state index is 14.4. The topological polar surface area (TPSA) is 161 Å². The minimum absolute atomic E-state index is 0.214. The summed E-state index contributed by atoms with van der Waals surface area (Å²) in [4.78, 5) is 13.3. The number of fused-ring (bicyclic) bond motifs is 2. The van der Waals surface area contributed by atoms with Crippen LogP contribution in [0, 0.1) is 17.0 Å². The van der Waals surface area contributed by atoms with Crippen molar-refractivity contribution >= 4 is 11.7 Å². The number of nitrogens with zero attached hydrogens (tertiary/aromatic N) is 1. The van der Waals surface area contributed by atoms with E-state index in [2.05, 4.69) is 5.32 Å². The second kappa shape index (κ2) is 8.72. The second-order valence-corrected chi connectivity index (χ2v) is 11.1. The van der Waals surface area contributed by atoms with Crippen LogP contribution in [-0.4, -0.2) is 101 Å². The molecular weight excluding hydrogens is 484 g/mol. The molecule has 11 heteroatoms. The standard InChI is InChI=1S/C26H34N2O9/c1-12(36-25-22(32)21(31)20(30)17(11-29)37-25)14-10-28(34)8-7-26-15-5-3-4-6-16(15)27-23(26)19(24(33)35-2)13(14)9-18(26)28/h3-6,12-14,17-18,20-22,25,27,29-32H,7-11H2,1-2H3/t12-,13-,14-,17+,18?,20+,21-,22+,25+,26+,28?/m0/s1. The van der Waals surface area contributed by atoms with Crippen molar-refractivity contribution in [3.8, 4) is 0 Å². The first-order chi connectivity index (χ1) is 17.7. The highest BCUT2D eigenvalue weighted by atomic mass is 16.7. The monoisotopic (exact) mass is 518 g/mol. The zero-order valence-electron chi connectivity index (χ0n) is 20.8. The van der Waals surface area contributed by atoms with E-state index in [-0.39, 0.29) is 18.5 Å². The number of methoxy groups -OCH3 is 1. The molecular formula is C26H34N2O9. The molecule has 5 aliphatic rings. The molecule has 3 fully saturated rings. The van der Waals surface area contributed by atoms with E-state index < -0.39 is 65.4 Å². The predicted octanol–water partition coefficient (Wildman–Crippen LogP) is -0.281. The fourth-order valence-corrected chi connectivity index (χ4v) is 7.72. The summed E-state index contributed by atoms with van der Waals surface area (Å²) in [6, 6.07) is 7.64. The number of aliphatic hydroxyl groups excluding tert-OH is 4. The van der Waals surface area contributed by atoms with Gasteiger partial charge in [-0.25, -0.2) is 4.79 Å². The lowest BCUT2D eigenvalue weighted by molar-refractivity contribution is -0.905. The number of aliphatic hydroxyl groups is 4. The number of hydrogen-bond donors (Lipinski definition) is 5. The van der Waals surface area contributed by atoms with Gasteiger partial charge in [0, 0.05) is 36.1 Å². The highest BCUT2D eigenvalue weighted by Gasteiger charge is 2.68. The smallest absolute Gasteiger partial charge is 0.335 e. The van der Waals surface area contributed by atoms with Crippen LogP contribution in [0.5, 0.6) is 0 Å². The maximum Gasteiger partial charge on any atom is 0.335 e. The molecule has 6 rings (SSSR count). The first kappa shape index (κ1) is 25.2. The summed E-state index contributed by atoms with van der Waals surface area (Å²) >= 11 is 0. The number of benzene rings is 1. The first-order valence-corrected chi connectivity index (χ1v) is 12.9. The van der Waals surface area contributed by atoms with Gasteiger partial charge >= 0.3 is 5.97 Å². The third-order valence-electron chi connectivity index (χ3n) is 9.49. The van der Waals surface area contributed by atoms with Crippen LogP contribution in [0.25, 0.3) is 0 Å². The van der Waals surface area contributed by atoms with Gasteiger partial charge in [-0.3, -0.25) is 0 Å². The van der Waals surface area contributed by atoms with Gasteiger partial charge in [0.1, 0.15) is 30.5 Å². The quantitative estimate of drug-likeness (QED) is 0.199. The highest BCUT2D eigenvalue weighted by molar-refractivity contribution is 5.93. The molecule has 2 unspecified atom stereocenters. The van der Waals surface area contributed by atoms with Crippen molar-refractivity contribution in [1.29, 1.82) is 0 Å². The lowest BCUT2D eigenvalue weighted by atomic mass is 9.60. The lowest BCUT2D eigenvalue weighted by Gasteiger charge is -2.58. The molecule has 0 radical (unpaired) electrons. The first-order valence-electron chi connectivity index (χ1n) is 12.9. The summed E-state index contributed by atoms with van der Waals surface area (Å²) in [6.45, 7) is 1.80. The van der Waals surface area contributed by atoms with Crippen LogP contribution in [0.1, 0.15) is 25.3 Å².